The lowest BCUT2D eigenvalue weighted by molar-refractivity contribution is -0.132. The van der Waals surface area contributed by atoms with Crippen LogP contribution < -0.4 is 14.4 Å². The van der Waals surface area contributed by atoms with Crippen LogP contribution in [0.4, 0.5) is 5.69 Å². The van der Waals surface area contributed by atoms with Crippen LogP contribution >= 0.6 is 0 Å². The number of carbonyl (C=O) groups is 2. The van der Waals surface area contributed by atoms with E-state index in [1.54, 1.807) is 73.1 Å². The average molecular weight is 430 g/mol. The van der Waals surface area contributed by atoms with Crippen LogP contribution in [0.1, 0.15) is 24.1 Å². The SMILES string of the molecule is CCOc1cccc(N2C(=O)C(=O)/C(=C(/O)c3ccccc3OC)C2c2ccncc2)c1. The molecule has 1 aliphatic rings. The summed E-state index contributed by atoms with van der Waals surface area (Å²) in [5, 5.41) is 11.2. The van der Waals surface area contributed by atoms with Gasteiger partial charge in [0.1, 0.15) is 17.3 Å². The molecule has 1 unspecified atom stereocenters. The van der Waals surface area contributed by atoms with E-state index in [1.165, 1.54) is 12.0 Å². The minimum absolute atomic E-state index is 0.0208. The van der Waals surface area contributed by atoms with Crippen LogP contribution in [0, 0.1) is 0 Å². The third kappa shape index (κ3) is 3.69. The van der Waals surface area contributed by atoms with Crippen molar-refractivity contribution in [2.75, 3.05) is 18.6 Å². The molecule has 1 amide bonds. The number of ketones is 1. The number of benzene rings is 2. The average Bonchev–Trinajstić information content (AvgIpc) is 3.10. The first-order chi connectivity index (χ1) is 15.6. The molecule has 162 valence electrons. The summed E-state index contributed by atoms with van der Waals surface area (Å²) in [4.78, 5) is 31.8. The van der Waals surface area contributed by atoms with E-state index >= 15 is 0 Å². The zero-order chi connectivity index (χ0) is 22.7. The van der Waals surface area contributed by atoms with Gasteiger partial charge in [-0.3, -0.25) is 19.5 Å². The van der Waals surface area contributed by atoms with Gasteiger partial charge in [-0.15, -0.1) is 0 Å². The molecule has 2 heterocycles. The van der Waals surface area contributed by atoms with Crippen LogP contribution in [0.15, 0.2) is 78.6 Å². The molecule has 1 aliphatic heterocycles. The highest BCUT2D eigenvalue weighted by Crippen LogP contribution is 2.43. The third-order valence-corrected chi connectivity index (χ3v) is 5.24. The van der Waals surface area contributed by atoms with Crippen molar-refractivity contribution < 1.29 is 24.2 Å². The van der Waals surface area contributed by atoms with Crippen LogP contribution in [0.5, 0.6) is 11.5 Å². The number of para-hydroxylation sites is 1. The van der Waals surface area contributed by atoms with Gasteiger partial charge in [0.15, 0.2) is 0 Å². The first kappa shape index (κ1) is 21.1. The van der Waals surface area contributed by atoms with E-state index < -0.39 is 17.7 Å². The van der Waals surface area contributed by atoms with Gasteiger partial charge in [-0.25, -0.2) is 0 Å². The van der Waals surface area contributed by atoms with Gasteiger partial charge in [0.05, 0.1) is 30.9 Å². The largest absolute Gasteiger partial charge is 0.507 e. The maximum atomic E-state index is 13.2. The van der Waals surface area contributed by atoms with Crippen molar-refractivity contribution in [3.63, 3.8) is 0 Å². The third-order valence-electron chi connectivity index (χ3n) is 5.24. The molecule has 0 spiro atoms. The summed E-state index contributed by atoms with van der Waals surface area (Å²) in [6.45, 7) is 2.33. The van der Waals surface area contributed by atoms with Gasteiger partial charge in [0, 0.05) is 24.1 Å². The molecule has 7 heteroatoms. The molecule has 1 N–H and O–H groups in total. The fourth-order valence-electron chi connectivity index (χ4n) is 3.84. The molecule has 7 nitrogen and oxygen atoms in total. The zero-order valence-electron chi connectivity index (χ0n) is 17.7. The Hall–Kier alpha value is -4.13. The van der Waals surface area contributed by atoms with Crippen molar-refractivity contribution in [1.29, 1.82) is 0 Å². The van der Waals surface area contributed by atoms with Crippen molar-refractivity contribution in [3.8, 4) is 11.5 Å². The Kier molecular flexibility index (Phi) is 5.89. The number of carbonyl (C=O) groups excluding carboxylic acids is 2. The van der Waals surface area contributed by atoms with Gasteiger partial charge in [-0.2, -0.15) is 0 Å². The number of pyridine rings is 1. The topological polar surface area (TPSA) is 89.0 Å². The van der Waals surface area contributed by atoms with Crippen LogP contribution in [0.25, 0.3) is 5.76 Å². The van der Waals surface area contributed by atoms with Crippen molar-refractivity contribution in [2.45, 2.75) is 13.0 Å². The maximum Gasteiger partial charge on any atom is 0.300 e. The monoisotopic (exact) mass is 430 g/mol. The Labute approximate surface area is 185 Å². The first-order valence-corrected chi connectivity index (χ1v) is 10.1. The Balaban J connectivity index is 1.94. The van der Waals surface area contributed by atoms with Gasteiger partial charge in [-0.1, -0.05) is 18.2 Å². The van der Waals surface area contributed by atoms with Crippen molar-refractivity contribution in [2.24, 2.45) is 0 Å². The molecule has 0 saturated carbocycles. The standard InChI is InChI=1S/C25H22N2O5/c1-3-32-18-8-6-7-17(15-18)27-22(16-11-13-26-14-12-16)21(24(29)25(27)30)23(28)19-9-4-5-10-20(19)31-2/h4-15,22,28H,3H2,1-2H3/b23-21+. The fraction of sp³-hybridized carbons (Fsp3) is 0.160. The molecule has 2 aromatic carbocycles. The minimum atomic E-state index is -0.847. The molecule has 1 saturated heterocycles. The lowest BCUT2D eigenvalue weighted by Crippen LogP contribution is -2.29. The van der Waals surface area contributed by atoms with Gasteiger partial charge in [0.25, 0.3) is 11.7 Å². The lowest BCUT2D eigenvalue weighted by Gasteiger charge is -2.25. The molecule has 0 aliphatic carbocycles. The smallest absolute Gasteiger partial charge is 0.300 e. The predicted octanol–water partition coefficient (Wildman–Crippen LogP) is 4.12. The number of anilines is 1. The fourth-order valence-corrected chi connectivity index (χ4v) is 3.84. The van der Waals surface area contributed by atoms with E-state index in [0.29, 0.717) is 34.9 Å². The van der Waals surface area contributed by atoms with Gasteiger partial charge < -0.3 is 14.6 Å². The lowest BCUT2D eigenvalue weighted by atomic mass is 9.95. The molecule has 0 radical (unpaired) electrons. The summed E-state index contributed by atoms with van der Waals surface area (Å²) in [6, 6.07) is 16.3. The molecule has 4 rings (SSSR count). The van der Waals surface area contributed by atoms with Crippen molar-refractivity contribution in [1.82, 2.24) is 4.98 Å². The second-order valence-corrected chi connectivity index (χ2v) is 7.08. The summed E-state index contributed by atoms with van der Waals surface area (Å²) >= 11 is 0. The number of amides is 1. The van der Waals surface area contributed by atoms with Crippen LogP contribution in [0.3, 0.4) is 0 Å². The minimum Gasteiger partial charge on any atom is -0.507 e. The second-order valence-electron chi connectivity index (χ2n) is 7.08. The van der Waals surface area contributed by atoms with Gasteiger partial charge in [0.2, 0.25) is 0 Å². The summed E-state index contributed by atoms with van der Waals surface area (Å²) in [7, 11) is 1.48. The van der Waals surface area contributed by atoms with Crippen molar-refractivity contribution in [3.05, 3.63) is 89.8 Å². The van der Waals surface area contributed by atoms with Crippen LogP contribution in [0.2, 0.25) is 0 Å². The molecule has 3 aromatic rings. The molecule has 32 heavy (non-hydrogen) atoms. The van der Waals surface area contributed by atoms with Crippen LogP contribution in [-0.2, 0) is 9.59 Å². The predicted molar refractivity (Wildman–Crippen MR) is 120 cm³/mol. The number of nitrogens with zero attached hydrogens (tertiary/aromatic N) is 2. The van der Waals surface area contributed by atoms with Gasteiger partial charge in [-0.05, 0) is 48.9 Å². The molecule has 1 aromatic heterocycles. The number of ether oxygens (including phenoxy) is 2. The number of aliphatic hydroxyl groups is 1. The van der Waals surface area contributed by atoms with E-state index in [1.807, 2.05) is 6.92 Å². The molecular formula is C25H22N2O5. The Morgan fingerprint density at radius 2 is 1.81 bits per heavy atom. The number of hydrogen-bond acceptors (Lipinski definition) is 6. The number of aliphatic hydroxyl groups excluding tert-OH is 1. The number of rotatable bonds is 6. The highest BCUT2D eigenvalue weighted by Gasteiger charge is 2.47. The van der Waals surface area contributed by atoms with Gasteiger partial charge >= 0.3 is 0 Å². The zero-order valence-corrected chi connectivity index (χ0v) is 17.7. The van der Waals surface area contributed by atoms with Crippen LogP contribution in [-0.4, -0.2) is 35.5 Å². The van der Waals surface area contributed by atoms with E-state index in [2.05, 4.69) is 4.98 Å². The normalized spacial score (nSPS) is 17.4. The van der Waals surface area contributed by atoms with E-state index in [0.717, 1.165) is 0 Å². The number of aromatic nitrogens is 1. The Morgan fingerprint density at radius 1 is 1.06 bits per heavy atom. The Morgan fingerprint density at radius 3 is 2.53 bits per heavy atom. The van der Waals surface area contributed by atoms with Crippen molar-refractivity contribution >= 4 is 23.1 Å². The molecular weight excluding hydrogens is 408 g/mol. The molecule has 0 bridgehead atoms. The Bertz CT molecular complexity index is 1190. The summed E-state index contributed by atoms with van der Waals surface area (Å²) < 4.78 is 10.9. The number of methoxy groups -OCH3 is 1. The maximum absolute atomic E-state index is 13.2. The highest BCUT2D eigenvalue weighted by atomic mass is 16.5. The summed E-state index contributed by atoms with van der Waals surface area (Å²) in [5.41, 5.74) is 1.43. The van der Waals surface area contributed by atoms with E-state index in [9.17, 15) is 14.7 Å². The molecule has 1 atom stereocenters. The van der Waals surface area contributed by atoms with E-state index in [4.69, 9.17) is 9.47 Å². The summed E-state index contributed by atoms with van der Waals surface area (Å²) in [6.07, 6.45) is 3.16. The first-order valence-electron chi connectivity index (χ1n) is 10.1. The van der Waals surface area contributed by atoms with E-state index in [-0.39, 0.29) is 11.3 Å². The summed E-state index contributed by atoms with van der Waals surface area (Å²) in [5.74, 6) is -0.854. The number of hydrogen-bond donors (Lipinski definition) is 1. The number of Topliss-reactive ketones (excluding diaryl/α,β-unsaturated/α-hetero) is 1. The molecule has 1 fully saturated rings. The quantitative estimate of drug-likeness (QED) is 0.360. The highest BCUT2D eigenvalue weighted by molar-refractivity contribution is 6.51. The second kappa shape index (κ2) is 8.93.